The number of carbonyl (C=O) groups excluding carboxylic acids is 2. The molecule has 0 radical (unpaired) electrons. The number of hydrogen-bond donors (Lipinski definition) is 1. The number of likely N-dealkylation sites (tertiary alicyclic amines) is 1. The maximum absolute atomic E-state index is 12.9. The maximum atomic E-state index is 12.9. The topological polar surface area (TPSA) is 49.4 Å². The first kappa shape index (κ1) is 15.0. The van der Waals surface area contributed by atoms with E-state index in [0.29, 0.717) is 25.9 Å². The van der Waals surface area contributed by atoms with Crippen LogP contribution in [-0.4, -0.2) is 35.8 Å². The summed E-state index contributed by atoms with van der Waals surface area (Å²) in [5, 5.41) is 3.00. The number of benzene rings is 1. The van der Waals surface area contributed by atoms with E-state index in [4.69, 9.17) is 0 Å². The van der Waals surface area contributed by atoms with Crippen molar-refractivity contribution in [2.45, 2.75) is 38.6 Å². The fraction of sp³-hybridized carbons (Fsp3) is 0.529. The van der Waals surface area contributed by atoms with Crippen molar-refractivity contribution in [3.63, 3.8) is 0 Å². The maximum Gasteiger partial charge on any atom is 0.226 e. The molecule has 1 N–H and O–H groups in total. The van der Waals surface area contributed by atoms with Gasteiger partial charge in [0.2, 0.25) is 11.8 Å². The van der Waals surface area contributed by atoms with Gasteiger partial charge >= 0.3 is 0 Å². The predicted molar refractivity (Wildman–Crippen MR) is 80.6 cm³/mol. The third-order valence-corrected chi connectivity index (χ3v) is 4.68. The van der Waals surface area contributed by atoms with E-state index in [-0.39, 0.29) is 29.1 Å². The quantitative estimate of drug-likeness (QED) is 0.903. The number of nitrogens with zero attached hydrogens (tertiary/aromatic N) is 1. The van der Waals surface area contributed by atoms with Gasteiger partial charge in [-0.1, -0.05) is 19.1 Å². The van der Waals surface area contributed by atoms with Crippen molar-refractivity contribution in [3.8, 4) is 0 Å². The molecule has 1 aliphatic carbocycles. The Morgan fingerprint density at radius 3 is 2.68 bits per heavy atom. The summed E-state index contributed by atoms with van der Waals surface area (Å²) in [6.45, 7) is 3.14. The molecule has 4 nitrogen and oxygen atoms in total. The van der Waals surface area contributed by atoms with E-state index in [9.17, 15) is 14.0 Å². The molecule has 1 aromatic rings. The Hall–Kier alpha value is -1.91. The molecule has 118 valence electrons. The minimum Gasteiger partial charge on any atom is -0.351 e. The summed E-state index contributed by atoms with van der Waals surface area (Å²) in [6.07, 6.45) is 2.96. The fourth-order valence-electron chi connectivity index (χ4n) is 2.77. The van der Waals surface area contributed by atoms with E-state index < -0.39 is 0 Å². The van der Waals surface area contributed by atoms with Gasteiger partial charge in [0, 0.05) is 24.9 Å². The molecule has 2 aliphatic rings. The first-order chi connectivity index (χ1) is 10.5. The van der Waals surface area contributed by atoms with E-state index in [2.05, 4.69) is 5.32 Å². The van der Waals surface area contributed by atoms with Crippen LogP contribution in [0, 0.1) is 11.2 Å². The molecule has 1 saturated carbocycles. The highest BCUT2D eigenvalue weighted by Crippen LogP contribution is 2.45. The third kappa shape index (κ3) is 3.29. The summed E-state index contributed by atoms with van der Waals surface area (Å²) in [5.41, 5.74) is 0.803. The van der Waals surface area contributed by atoms with Crippen LogP contribution in [0.3, 0.4) is 0 Å². The number of nitrogens with one attached hydrogen (secondary N) is 1. The van der Waals surface area contributed by atoms with Gasteiger partial charge in [-0.05, 0) is 37.0 Å². The number of carbonyl (C=O) groups is 2. The molecular weight excluding hydrogens is 283 g/mol. The van der Waals surface area contributed by atoms with Gasteiger partial charge in [0.15, 0.2) is 0 Å². The molecule has 2 amide bonds. The smallest absolute Gasteiger partial charge is 0.226 e. The number of rotatable bonds is 5. The fourth-order valence-corrected chi connectivity index (χ4v) is 2.77. The number of hydrogen-bond acceptors (Lipinski definition) is 2. The molecule has 2 fully saturated rings. The SMILES string of the molecule is CC1(C(=O)NC2CC(=O)N(CCc3ccc(F)cc3)C2)CC1. The predicted octanol–water partition coefficient (Wildman–Crippen LogP) is 1.89. The normalized spacial score (nSPS) is 22.7. The molecule has 1 heterocycles. The summed E-state index contributed by atoms with van der Waals surface area (Å²) in [5.74, 6) is -0.101. The molecule has 5 heteroatoms. The lowest BCUT2D eigenvalue weighted by Gasteiger charge is -2.18. The van der Waals surface area contributed by atoms with E-state index in [1.807, 2.05) is 6.92 Å². The molecule has 3 rings (SSSR count). The van der Waals surface area contributed by atoms with Crippen molar-refractivity contribution in [2.75, 3.05) is 13.1 Å². The van der Waals surface area contributed by atoms with E-state index >= 15 is 0 Å². The van der Waals surface area contributed by atoms with Gasteiger partial charge in [-0.25, -0.2) is 4.39 Å². The summed E-state index contributed by atoms with van der Waals surface area (Å²) < 4.78 is 12.9. The lowest BCUT2D eigenvalue weighted by atomic mass is 10.1. The Kier molecular flexibility index (Phi) is 3.89. The second-order valence-corrected chi connectivity index (χ2v) is 6.65. The van der Waals surface area contributed by atoms with Crippen LogP contribution in [0.1, 0.15) is 31.7 Å². The Morgan fingerprint density at radius 1 is 1.36 bits per heavy atom. The molecule has 1 aromatic carbocycles. The molecular formula is C17H21FN2O2. The molecule has 0 bridgehead atoms. The molecule has 0 spiro atoms. The monoisotopic (exact) mass is 304 g/mol. The van der Waals surface area contributed by atoms with Gasteiger partial charge in [-0.3, -0.25) is 9.59 Å². The molecule has 1 saturated heterocycles. The van der Waals surface area contributed by atoms with Crippen LogP contribution in [0.25, 0.3) is 0 Å². The zero-order valence-corrected chi connectivity index (χ0v) is 12.8. The van der Waals surface area contributed by atoms with Crippen LogP contribution < -0.4 is 5.32 Å². The average molecular weight is 304 g/mol. The van der Waals surface area contributed by atoms with Crippen LogP contribution in [-0.2, 0) is 16.0 Å². The Morgan fingerprint density at radius 2 is 2.05 bits per heavy atom. The van der Waals surface area contributed by atoms with Crippen molar-refractivity contribution in [1.29, 1.82) is 0 Å². The summed E-state index contributed by atoms with van der Waals surface area (Å²) >= 11 is 0. The zero-order valence-electron chi connectivity index (χ0n) is 12.8. The van der Waals surface area contributed by atoms with E-state index in [0.717, 1.165) is 18.4 Å². The third-order valence-electron chi connectivity index (χ3n) is 4.68. The largest absolute Gasteiger partial charge is 0.351 e. The van der Waals surface area contributed by atoms with Gasteiger partial charge in [-0.15, -0.1) is 0 Å². The molecule has 1 atom stereocenters. The van der Waals surface area contributed by atoms with Crippen LogP contribution in [0.4, 0.5) is 4.39 Å². The zero-order chi connectivity index (χ0) is 15.7. The van der Waals surface area contributed by atoms with Crippen LogP contribution >= 0.6 is 0 Å². The molecule has 1 aliphatic heterocycles. The standard InChI is InChI=1S/C17H21FN2O2/c1-17(7-8-17)16(22)19-14-10-15(21)20(11-14)9-6-12-2-4-13(18)5-3-12/h2-5,14H,6-11H2,1H3,(H,19,22). The van der Waals surface area contributed by atoms with Gasteiger partial charge in [0.1, 0.15) is 5.82 Å². The number of amides is 2. The second kappa shape index (κ2) is 5.71. The van der Waals surface area contributed by atoms with Gasteiger partial charge < -0.3 is 10.2 Å². The van der Waals surface area contributed by atoms with Crippen LogP contribution in [0.2, 0.25) is 0 Å². The lowest BCUT2D eigenvalue weighted by Crippen LogP contribution is -2.40. The van der Waals surface area contributed by atoms with Crippen molar-refractivity contribution in [3.05, 3.63) is 35.6 Å². The van der Waals surface area contributed by atoms with Crippen LogP contribution in [0.5, 0.6) is 0 Å². The van der Waals surface area contributed by atoms with Gasteiger partial charge in [0.25, 0.3) is 0 Å². The molecule has 22 heavy (non-hydrogen) atoms. The Bertz CT molecular complexity index is 581. The van der Waals surface area contributed by atoms with E-state index in [1.54, 1.807) is 17.0 Å². The van der Waals surface area contributed by atoms with Crippen molar-refractivity contribution in [1.82, 2.24) is 10.2 Å². The van der Waals surface area contributed by atoms with Crippen LogP contribution in [0.15, 0.2) is 24.3 Å². The number of halogens is 1. The summed E-state index contributed by atoms with van der Waals surface area (Å²) in [6, 6.07) is 6.26. The minimum absolute atomic E-state index is 0.0747. The molecule has 1 unspecified atom stereocenters. The Labute approximate surface area is 129 Å². The minimum atomic E-state index is -0.252. The Balaban J connectivity index is 1.49. The summed E-state index contributed by atoms with van der Waals surface area (Å²) in [7, 11) is 0. The molecule has 0 aromatic heterocycles. The lowest BCUT2D eigenvalue weighted by molar-refractivity contribution is -0.127. The van der Waals surface area contributed by atoms with Gasteiger partial charge in [-0.2, -0.15) is 0 Å². The summed E-state index contributed by atoms with van der Waals surface area (Å²) in [4.78, 5) is 25.8. The average Bonchev–Trinajstić information content (AvgIpc) is 3.14. The van der Waals surface area contributed by atoms with Crippen molar-refractivity contribution < 1.29 is 14.0 Å². The van der Waals surface area contributed by atoms with Crippen molar-refractivity contribution >= 4 is 11.8 Å². The van der Waals surface area contributed by atoms with Gasteiger partial charge in [0.05, 0.1) is 6.04 Å². The highest BCUT2D eigenvalue weighted by molar-refractivity contribution is 5.86. The highest BCUT2D eigenvalue weighted by atomic mass is 19.1. The van der Waals surface area contributed by atoms with E-state index in [1.165, 1.54) is 12.1 Å². The first-order valence-electron chi connectivity index (χ1n) is 7.79. The first-order valence-corrected chi connectivity index (χ1v) is 7.79. The van der Waals surface area contributed by atoms with Crippen molar-refractivity contribution in [2.24, 2.45) is 5.41 Å². The highest BCUT2D eigenvalue weighted by Gasteiger charge is 2.46. The second-order valence-electron chi connectivity index (χ2n) is 6.65.